The zero-order valence-corrected chi connectivity index (χ0v) is 22.9. The lowest BCUT2D eigenvalue weighted by Gasteiger charge is -2.29. The van der Waals surface area contributed by atoms with E-state index in [1.807, 2.05) is 74.0 Å². The highest BCUT2D eigenvalue weighted by Gasteiger charge is 2.34. The summed E-state index contributed by atoms with van der Waals surface area (Å²) in [6, 6.07) is 16.6. The molecule has 0 saturated heterocycles. The molecule has 0 fully saturated rings. The molecule has 3 heterocycles. The molecule has 0 saturated carbocycles. The Morgan fingerprint density at radius 2 is 1.89 bits per heavy atom. The van der Waals surface area contributed by atoms with E-state index in [0.29, 0.717) is 38.7 Å². The normalized spacial score (nSPS) is 15.3. The average Bonchev–Trinajstić information content (AvgIpc) is 3.41. The van der Waals surface area contributed by atoms with Gasteiger partial charge in [0.2, 0.25) is 0 Å². The van der Waals surface area contributed by atoms with Gasteiger partial charge in [0.1, 0.15) is 6.54 Å². The number of amides is 1. The first kappa shape index (κ1) is 25.7. The van der Waals surface area contributed by atoms with Gasteiger partial charge in [0.25, 0.3) is 11.5 Å². The predicted octanol–water partition coefficient (Wildman–Crippen LogP) is 4.24. The van der Waals surface area contributed by atoms with Crippen molar-refractivity contribution >= 4 is 45.8 Å². The summed E-state index contributed by atoms with van der Waals surface area (Å²) >= 11 is 7.47. The molecular weight excluding hydrogens is 518 g/mol. The van der Waals surface area contributed by atoms with Crippen molar-refractivity contribution in [2.75, 3.05) is 13.1 Å². The second-order valence-corrected chi connectivity index (χ2v) is 10.4. The third kappa shape index (κ3) is 4.38. The van der Waals surface area contributed by atoms with E-state index >= 15 is 0 Å². The molecule has 1 aliphatic heterocycles. The van der Waals surface area contributed by atoms with E-state index < -0.39 is 6.04 Å². The fourth-order valence-corrected chi connectivity index (χ4v) is 6.14. The van der Waals surface area contributed by atoms with Crippen LogP contribution in [0.25, 0.3) is 17.0 Å². The molecule has 9 heteroatoms. The number of benzene rings is 2. The number of hydrogen-bond acceptors (Lipinski definition) is 5. The predicted molar refractivity (Wildman–Crippen MR) is 151 cm³/mol. The number of carbonyl (C=O) groups is 1. The van der Waals surface area contributed by atoms with Crippen LogP contribution in [0.1, 0.15) is 37.9 Å². The van der Waals surface area contributed by atoms with Gasteiger partial charge in [-0.15, -0.1) is 0 Å². The molecule has 4 aromatic rings. The standard InChI is InChI=1S/C29H26ClN5O2S/c1-4-33(5-2)28(37)25-18(3)32-29-35(26(25)19-10-12-21(30)13-11-19)27(36)24(38-29)16-20-17-34(15-14-31)23-9-7-6-8-22(20)23/h6-13,16-17,26H,4-5,15H2,1-3H3/b24-16+/t26-/m0/s1. The van der Waals surface area contributed by atoms with Gasteiger partial charge < -0.3 is 9.47 Å². The summed E-state index contributed by atoms with van der Waals surface area (Å²) in [5.74, 6) is -0.134. The van der Waals surface area contributed by atoms with Crippen molar-refractivity contribution in [2.24, 2.45) is 4.99 Å². The minimum Gasteiger partial charge on any atom is -0.339 e. The topological polar surface area (TPSA) is 83.4 Å². The SMILES string of the molecule is CCN(CC)C(=O)C1=C(C)N=c2s/c(=C/c3cn(CC#N)c4ccccc34)c(=O)n2[C@H]1c1ccc(Cl)cc1. The van der Waals surface area contributed by atoms with Crippen molar-refractivity contribution in [1.29, 1.82) is 5.26 Å². The van der Waals surface area contributed by atoms with E-state index in [1.54, 1.807) is 21.6 Å². The fourth-order valence-electron chi connectivity index (χ4n) is 4.98. The van der Waals surface area contributed by atoms with Gasteiger partial charge in [-0.05, 0) is 50.6 Å². The Balaban J connectivity index is 1.74. The van der Waals surface area contributed by atoms with Gasteiger partial charge in [0.15, 0.2) is 4.80 Å². The first-order valence-electron chi connectivity index (χ1n) is 12.4. The monoisotopic (exact) mass is 543 g/mol. The highest BCUT2D eigenvalue weighted by Crippen LogP contribution is 2.32. The molecule has 2 aromatic heterocycles. The smallest absolute Gasteiger partial charge is 0.271 e. The van der Waals surface area contributed by atoms with E-state index in [4.69, 9.17) is 16.6 Å². The minimum atomic E-state index is -0.626. The van der Waals surface area contributed by atoms with Crippen molar-refractivity contribution in [3.63, 3.8) is 0 Å². The van der Waals surface area contributed by atoms with Crippen LogP contribution in [0.15, 0.2) is 75.8 Å². The summed E-state index contributed by atoms with van der Waals surface area (Å²) in [5, 5.41) is 10.8. The first-order valence-corrected chi connectivity index (χ1v) is 13.6. The van der Waals surface area contributed by atoms with Gasteiger partial charge in [-0.3, -0.25) is 14.2 Å². The van der Waals surface area contributed by atoms with Crippen molar-refractivity contribution in [3.05, 3.63) is 102 Å². The fraction of sp³-hybridized carbons (Fsp3) is 0.241. The lowest BCUT2D eigenvalue weighted by molar-refractivity contribution is -0.127. The van der Waals surface area contributed by atoms with Crippen LogP contribution in [-0.4, -0.2) is 33.0 Å². The molecule has 0 bridgehead atoms. The van der Waals surface area contributed by atoms with Crippen molar-refractivity contribution < 1.29 is 4.79 Å². The summed E-state index contributed by atoms with van der Waals surface area (Å²) in [6.07, 6.45) is 3.74. The lowest BCUT2D eigenvalue weighted by atomic mass is 9.94. The number of allylic oxidation sites excluding steroid dienone is 1. The van der Waals surface area contributed by atoms with Crippen molar-refractivity contribution in [3.8, 4) is 6.07 Å². The van der Waals surface area contributed by atoms with Crippen LogP contribution in [0, 0.1) is 11.3 Å². The second kappa shape index (κ2) is 10.4. The van der Waals surface area contributed by atoms with Crippen LogP contribution >= 0.6 is 22.9 Å². The first-order chi connectivity index (χ1) is 18.4. The number of halogens is 1. The summed E-state index contributed by atoms with van der Waals surface area (Å²) in [5.41, 5.74) is 3.43. The number of thiazole rings is 1. The highest BCUT2D eigenvalue weighted by atomic mass is 35.5. The summed E-state index contributed by atoms with van der Waals surface area (Å²) in [6.45, 7) is 7.01. The van der Waals surface area contributed by atoms with Gasteiger partial charge >= 0.3 is 0 Å². The van der Waals surface area contributed by atoms with Gasteiger partial charge in [-0.2, -0.15) is 5.26 Å². The highest BCUT2D eigenvalue weighted by molar-refractivity contribution is 7.07. The molecule has 7 nitrogen and oxygen atoms in total. The van der Waals surface area contributed by atoms with Gasteiger partial charge in [-0.25, -0.2) is 4.99 Å². The number of nitriles is 1. The molecule has 5 rings (SSSR count). The van der Waals surface area contributed by atoms with E-state index in [1.165, 1.54) is 11.3 Å². The lowest BCUT2D eigenvalue weighted by Crippen LogP contribution is -2.43. The molecule has 0 spiro atoms. The molecule has 192 valence electrons. The maximum Gasteiger partial charge on any atom is 0.271 e. The Bertz CT molecular complexity index is 1800. The quantitative estimate of drug-likeness (QED) is 0.365. The number of para-hydroxylation sites is 1. The van der Waals surface area contributed by atoms with E-state index in [9.17, 15) is 14.9 Å². The minimum absolute atomic E-state index is 0.134. The molecular formula is C29H26ClN5O2S. The van der Waals surface area contributed by atoms with Gasteiger partial charge in [-0.1, -0.05) is 53.3 Å². The zero-order valence-electron chi connectivity index (χ0n) is 21.3. The Hall–Kier alpha value is -3.93. The third-order valence-electron chi connectivity index (χ3n) is 6.84. The Morgan fingerprint density at radius 3 is 2.58 bits per heavy atom. The number of rotatable bonds is 6. The van der Waals surface area contributed by atoms with E-state index in [2.05, 4.69) is 6.07 Å². The molecule has 0 N–H and O–H groups in total. The molecule has 1 atom stereocenters. The van der Waals surface area contributed by atoms with E-state index in [-0.39, 0.29) is 18.0 Å². The average molecular weight is 544 g/mol. The summed E-state index contributed by atoms with van der Waals surface area (Å²) in [4.78, 5) is 34.7. The zero-order chi connectivity index (χ0) is 27.0. The van der Waals surface area contributed by atoms with E-state index in [0.717, 1.165) is 22.0 Å². The number of likely N-dealkylation sites (N-methyl/N-ethyl adjacent to an activating group) is 1. The molecule has 0 aliphatic carbocycles. The Morgan fingerprint density at radius 1 is 1.18 bits per heavy atom. The summed E-state index contributed by atoms with van der Waals surface area (Å²) in [7, 11) is 0. The van der Waals surface area contributed by atoms with Crippen LogP contribution in [0.2, 0.25) is 5.02 Å². The largest absolute Gasteiger partial charge is 0.339 e. The van der Waals surface area contributed by atoms with Crippen LogP contribution in [0.5, 0.6) is 0 Å². The summed E-state index contributed by atoms with van der Waals surface area (Å²) < 4.78 is 4.00. The molecule has 1 aliphatic rings. The van der Waals surface area contributed by atoms with Gasteiger partial charge in [0.05, 0.1) is 27.9 Å². The molecule has 2 aromatic carbocycles. The number of aromatic nitrogens is 2. The maximum atomic E-state index is 14.0. The van der Waals surface area contributed by atoms with Crippen LogP contribution < -0.4 is 14.9 Å². The number of hydrogen-bond donors (Lipinski definition) is 0. The number of nitrogens with zero attached hydrogens (tertiary/aromatic N) is 5. The third-order valence-corrected chi connectivity index (χ3v) is 8.07. The molecule has 0 radical (unpaired) electrons. The molecule has 1 amide bonds. The number of carbonyl (C=O) groups excluding carboxylic acids is 1. The van der Waals surface area contributed by atoms with Crippen molar-refractivity contribution in [2.45, 2.75) is 33.4 Å². The second-order valence-electron chi connectivity index (χ2n) is 9.00. The maximum absolute atomic E-state index is 14.0. The van der Waals surface area contributed by atoms with Gasteiger partial charge in [0, 0.05) is 40.8 Å². The molecule has 0 unspecified atom stereocenters. The molecule has 38 heavy (non-hydrogen) atoms. The van der Waals surface area contributed by atoms with Crippen LogP contribution in [0.4, 0.5) is 0 Å². The van der Waals surface area contributed by atoms with Crippen molar-refractivity contribution in [1.82, 2.24) is 14.0 Å². The number of fused-ring (bicyclic) bond motifs is 2. The van der Waals surface area contributed by atoms with Crippen LogP contribution in [-0.2, 0) is 11.3 Å². The Labute approximate surface area is 228 Å². The van der Waals surface area contributed by atoms with Crippen LogP contribution in [0.3, 0.4) is 0 Å². The Kier molecular flexibility index (Phi) is 7.06.